The number of carboxylic acids is 1. The first-order valence-corrected chi connectivity index (χ1v) is 8.71. The van der Waals surface area contributed by atoms with E-state index in [0.29, 0.717) is 26.1 Å². The Kier molecular flexibility index (Phi) is 10.3. The van der Waals surface area contributed by atoms with Crippen molar-refractivity contribution in [1.82, 2.24) is 5.48 Å². The number of rotatable bonds is 10. The molecular formula is C19H31NO5. The van der Waals surface area contributed by atoms with Crippen molar-refractivity contribution in [3.8, 4) is 0 Å². The van der Waals surface area contributed by atoms with E-state index in [1.54, 1.807) is 21.1 Å². The van der Waals surface area contributed by atoms with Gasteiger partial charge in [0.1, 0.15) is 0 Å². The summed E-state index contributed by atoms with van der Waals surface area (Å²) in [7, 11) is 3.26. The van der Waals surface area contributed by atoms with Crippen LogP contribution in [0.5, 0.6) is 0 Å². The molecule has 2 atom stereocenters. The molecule has 0 aromatic carbocycles. The number of aliphatic carboxylic acids is 1. The number of methoxy groups -OCH3 is 1. The summed E-state index contributed by atoms with van der Waals surface area (Å²) in [5.41, 5.74) is 2.45. The van der Waals surface area contributed by atoms with Crippen LogP contribution in [0.4, 0.5) is 0 Å². The summed E-state index contributed by atoms with van der Waals surface area (Å²) in [6.07, 6.45) is 14.4. The van der Waals surface area contributed by atoms with Crippen molar-refractivity contribution in [1.29, 1.82) is 0 Å². The second kappa shape index (κ2) is 12.0. The first-order valence-electron chi connectivity index (χ1n) is 8.71. The average molecular weight is 353 g/mol. The van der Waals surface area contributed by atoms with Crippen LogP contribution in [0.1, 0.15) is 39.0 Å². The molecule has 0 saturated heterocycles. The minimum Gasteiger partial charge on any atom is -0.479 e. The van der Waals surface area contributed by atoms with E-state index in [2.05, 4.69) is 29.8 Å². The highest BCUT2D eigenvalue weighted by Crippen LogP contribution is 2.17. The summed E-state index contributed by atoms with van der Waals surface area (Å²) < 4.78 is 11.1. The lowest BCUT2D eigenvalue weighted by atomic mass is 10.0. The smallest absolute Gasteiger partial charge is 0.337 e. The quantitative estimate of drug-likeness (QED) is 0.357. The van der Waals surface area contributed by atoms with Crippen LogP contribution in [0.15, 0.2) is 36.0 Å². The Balaban J connectivity index is 2.38. The third-order valence-electron chi connectivity index (χ3n) is 4.08. The van der Waals surface area contributed by atoms with Gasteiger partial charge in [-0.05, 0) is 44.6 Å². The Morgan fingerprint density at radius 1 is 1.36 bits per heavy atom. The molecule has 0 amide bonds. The van der Waals surface area contributed by atoms with Crippen molar-refractivity contribution >= 4 is 5.97 Å². The predicted molar refractivity (Wildman–Crippen MR) is 97.2 cm³/mol. The van der Waals surface area contributed by atoms with Crippen LogP contribution in [0.25, 0.3) is 0 Å². The molecule has 2 N–H and O–H groups in total. The van der Waals surface area contributed by atoms with Crippen molar-refractivity contribution in [2.75, 3.05) is 27.4 Å². The van der Waals surface area contributed by atoms with Gasteiger partial charge in [0.15, 0.2) is 5.60 Å². The van der Waals surface area contributed by atoms with Gasteiger partial charge in [0.2, 0.25) is 0 Å². The summed E-state index contributed by atoms with van der Waals surface area (Å²) in [5.74, 6) is -0.984. The van der Waals surface area contributed by atoms with Crippen LogP contribution in [0, 0.1) is 0 Å². The zero-order valence-corrected chi connectivity index (χ0v) is 15.5. The van der Waals surface area contributed by atoms with Gasteiger partial charge in [0, 0.05) is 20.8 Å². The number of ether oxygens (including phenoxy) is 2. The Morgan fingerprint density at radius 2 is 2.12 bits per heavy atom. The Labute approximate surface area is 150 Å². The van der Waals surface area contributed by atoms with Crippen LogP contribution in [0.2, 0.25) is 0 Å². The lowest BCUT2D eigenvalue weighted by Crippen LogP contribution is -2.42. The third kappa shape index (κ3) is 8.45. The van der Waals surface area contributed by atoms with E-state index in [1.165, 1.54) is 5.57 Å². The number of nitrogens with one attached hydrogen (secondary N) is 1. The number of allylic oxidation sites excluding steroid dienone is 3. The van der Waals surface area contributed by atoms with Crippen molar-refractivity contribution in [3.63, 3.8) is 0 Å². The molecule has 0 heterocycles. The molecule has 0 aromatic heterocycles. The number of hydroxylamine groups is 1. The van der Waals surface area contributed by atoms with Crippen LogP contribution in [-0.4, -0.2) is 50.2 Å². The average Bonchev–Trinajstić information content (AvgIpc) is 2.59. The molecule has 25 heavy (non-hydrogen) atoms. The van der Waals surface area contributed by atoms with Gasteiger partial charge in [-0.2, -0.15) is 0 Å². The fraction of sp³-hybridized carbons (Fsp3) is 0.632. The maximum Gasteiger partial charge on any atom is 0.337 e. The molecule has 0 aromatic rings. The van der Waals surface area contributed by atoms with E-state index in [0.717, 1.165) is 19.3 Å². The van der Waals surface area contributed by atoms with Crippen LogP contribution in [0.3, 0.4) is 0 Å². The minimum atomic E-state index is -1.24. The largest absolute Gasteiger partial charge is 0.479 e. The maximum absolute atomic E-state index is 11.3. The first kappa shape index (κ1) is 21.6. The normalized spacial score (nSPS) is 25.4. The minimum absolute atomic E-state index is 0.0288. The molecule has 0 radical (unpaired) electrons. The molecule has 142 valence electrons. The molecule has 0 bridgehead atoms. The van der Waals surface area contributed by atoms with E-state index < -0.39 is 11.6 Å². The van der Waals surface area contributed by atoms with Gasteiger partial charge >= 0.3 is 5.97 Å². The third-order valence-corrected chi connectivity index (χ3v) is 4.08. The fourth-order valence-corrected chi connectivity index (χ4v) is 2.53. The zero-order chi connectivity index (χ0) is 18.5. The number of carbonyl (C=O) groups is 1. The van der Waals surface area contributed by atoms with Gasteiger partial charge in [-0.1, -0.05) is 30.4 Å². The van der Waals surface area contributed by atoms with E-state index in [-0.39, 0.29) is 6.10 Å². The van der Waals surface area contributed by atoms with Crippen LogP contribution >= 0.6 is 0 Å². The molecule has 2 unspecified atom stereocenters. The highest BCUT2D eigenvalue weighted by molar-refractivity contribution is 5.76. The molecule has 1 rings (SSSR count). The summed E-state index contributed by atoms with van der Waals surface area (Å²) in [4.78, 5) is 16.4. The fourth-order valence-electron chi connectivity index (χ4n) is 2.53. The zero-order valence-electron chi connectivity index (χ0n) is 15.5. The molecule has 0 aliphatic heterocycles. The molecule has 0 saturated carbocycles. The first-order chi connectivity index (χ1) is 12.0. The van der Waals surface area contributed by atoms with Gasteiger partial charge < -0.3 is 14.6 Å². The molecule has 6 nitrogen and oxygen atoms in total. The highest BCUT2D eigenvalue weighted by Gasteiger charge is 2.34. The molecule has 0 fully saturated rings. The predicted octanol–water partition coefficient (Wildman–Crippen LogP) is 3.02. The van der Waals surface area contributed by atoms with Crippen molar-refractivity contribution in [2.24, 2.45) is 0 Å². The standard InChI is InChI=1S/C19H31NO5/c1-19(18(21)22,25-20-2)13-8-14-24-15-16-9-5-4-6-11-17(23-3)12-7-10-16/h6-7,9,11-12,17,20H,4-5,8,10,13-15H2,1-3H3,(H,21,22)/b11-6+,12-7-,16-9+. The maximum atomic E-state index is 11.3. The Bertz CT molecular complexity index is 486. The molecule has 1 aliphatic carbocycles. The van der Waals surface area contributed by atoms with Gasteiger partial charge in [-0.25, -0.2) is 10.3 Å². The number of carboxylic acid groups (broad SMARTS) is 1. The van der Waals surface area contributed by atoms with Crippen LogP contribution in [-0.2, 0) is 19.1 Å². The second-order valence-corrected chi connectivity index (χ2v) is 6.20. The second-order valence-electron chi connectivity index (χ2n) is 6.20. The summed E-state index contributed by atoms with van der Waals surface area (Å²) in [6.45, 7) is 2.61. The van der Waals surface area contributed by atoms with E-state index >= 15 is 0 Å². The van der Waals surface area contributed by atoms with E-state index in [1.807, 2.05) is 6.08 Å². The lowest BCUT2D eigenvalue weighted by molar-refractivity contribution is -0.174. The Morgan fingerprint density at radius 3 is 2.80 bits per heavy atom. The van der Waals surface area contributed by atoms with Crippen molar-refractivity contribution in [3.05, 3.63) is 36.0 Å². The molecular weight excluding hydrogens is 322 g/mol. The van der Waals surface area contributed by atoms with Gasteiger partial charge in [0.05, 0.1) is 12.7 Å². The van der Waals surface area contributed by atoms with Crippen molar-refractivity contribution < 1.29 is 24.2 Å². The van der Waals surface area contributed by atoms with E-state index in [4.69, 9.17) is 14.3 Å². The van der Waals surface area contributed by atoms with E-state index in [9.17, 15) is 9.90 Å². The van der Waals surface area contributed by atoms with Crippen molar-refractivity contribution in [2.45, 2.75) is 50.7 Å². The van der Waals surface area contributed by atoms with Gasteiger partial charge in [-0.15, -0.1) is 0 Å². The van der Waals surface area contributed by atoms with Gasteiger partial charge in [0.25, 0.3) is 0 Å². The van der Waals surface area contributed by atoms with Gasteiger partial charge in [-0.3, -0.25) is 4.84 Å². The number of hydrogen-bond donors (Lipinski definition) is 2. The monoisotopic (exact) mass is 353 g/mol. The summed E-state index contributed by atoms with van der Waals surface area (Å²) in [5, 5.41) is 9.23. The highest BCUT2D eigenvalue weighted by atomic mass is 16.7. The summed E-state index contributed by atoms with van der Waals surface area (Å²) in [6, 6.07) is 0. The SMILES string of the molecule is CNOC(C)(CCCOC/C1=C/CC/C=C/C(OC)/C=C\C1)C(=O)O. The Hall–Kier alpha value is -1.47. The van der Waals surface area contributed by atoms with Crippen LogP contribution < -0.4 is 5.48 Å². The number of hydrogen-bond acceptors (Lipinski definition) is 5. The molecule has 1 aliphatic rings. The topological polar surface area (TPSA) is 77.0 Å². The summed E-state index contributed by atoms with van der Waals surface area (Å²) >= 11 is 0. The lowest BCUT2D eigenvalue weighted by Gasteiger charge is -2.23. The molecule has 6 heteroatoms. The molecule has 0 spiro atoms.